The monoisotopic (exact) mass is 1280 g/mol. The fourth-order valence-corrected chi connectivity index (χ4v) is 11.9. The normalized spacial score (nSPS) is 14.1. The minimum absolute atomic E-state index is 0.107. The molecule has 0 amide bonds. The Morgan fingerprint density at radius 1 is 0.310 bits per heavy atom. The predicted octanol–water partition coefficient (Wildman–Crippen LogP) is 19.4. The van der Waals surface area contributed by atoms with Crippen molar-refractivity contribution >= 4 is 39.5 Å². The number of carbonyl (C=O) groups excluding carboxylic acids is 4. The van der Waals surface area contributed by atoms with Gasteiger partial charge in [-0.05, 0) is 31.6 Å². The summed E-state index contributed by atoms with van der Waals surface area (Å²) in [4.78, 5) is 72.3. The molecule has 5 atom stereocenters. The third kappa shape index (κ3) is 62.6. The molecule has 17 nitrogen and oxygen atoms in total. The van der Waals surface area contributed by atoms with Gasteiger partial charge in [0.2, 0.25) is 0 Å². The summed E-state index contributed by atoms with van der Waals surface area (Å²) in [6.07, 6.45) is 47.4. The number of rotatable bonds is 68. The Morgan fingerprint density at radius 3 is 0.782 bits per heavy atom. The molecule has 2 unspecified atom stereocenters. The van der Waals surface area contributed by atoms with Crippen LogP contribution in [-0.2, 0) is 65.4 Å². The van der Waals surface area contributed by atoms with Crippen molar-refractivity contribution in [2.75, 3.05) is 39.6 Å². The van der Waals surface area contributed by atoms with E-state index >= 15 is 0 Å². The molecule has 0 aliphatic heterocycles. The second kappa shape index (κ2) is 61.6. The number of unbranched alkanes of at least 4 members (excludes halogenated alkanes) is 40. The van der Waals surface area contributed by atoms with Gasteiger partial charge in [0.1, 0.15) is 19.3 Å². The summed E-state index contributed by atoms with van der Waals surface area (Å²) in [6.45, 7) is 7.15. The van der Waals surface area contributed by atoms with Crippen molar-refractivity contribution in [3.05, 3.63) is 0 Å². The molecular formula is C68H132O17P2. The maximum atomic E-state index is 13.0. The van der Waals surface area contributed by atoms with Gasteiger partial charge >= 0.3 is 39.5 Å². The van der Waals surface area contributed by atoms with Gasteiger partial charge in [0.25, 0.3) is 0 Å². The zero-order chi connectivity index (χ0) is 64.2. The fourth-order valence-electron chi connectivity index (χ4n) is 10.3. The van der Waals surface area contributed by atoms with E-state index in [9.17, 15) is 43.2 Å². The molecule has 0 aromatic carbocycles. The summed E-state index contributed by atoms with van der Waals surface area (Å²) < 4.78 is 68.1. The van der Waals surface area contributed by atoms with Gasteiger partial charge in [-0.2, -0.15) is 0 Å². The van der Waals surface area contributed by atoms with Crippen LogP contribution in [-0.4, -0.2) is 96.7 Å². The minimum atomic E-state index is -4.95. The summed E-state index contributed by atoms with van der Waals surface area (Å²) in [7, 11) is -9.89. The van der Waals surface area contributed by atoms with Crippen molar-refractivity contribution in [3.8, 4) is 0 Å². The highest BCUT2D eigenvalue weighted by Gasteiger charge is 2.30. The summed E-state index contributed by atoms with van der Waals surface area (Å²) in [6, 6.07) is 0. The van der Waals surface area contributed by atoms with Gasteiger partial charge in [0.05, 0.1) is 26.4 Å². The lowest BCUT2D eigenvalue weighted by atomic mass is 10.0. The van der Waals surface area contributed by atoms with Crippen molar-refractivity contribution in [2.24, 2.45) is 5.92 Å². The SMILES string of the molecule is CCCCCCCCCCCCCCCCCCCCC(=O)O[C@H](COC(=O)CCCCCCCCCCC(C)C)COP(=O)(O)OC[C@@H](O)COP(=O)(O)OC[C@@H](COC(=O)CCCCCCCCC)OC(=O)CCCCCCCCCCCCC. The van der Waals surface area contributed by atoms with E-state index in [4.69, 9.17) is 37.0 Å². The van der Waals surface area contributed by atoms with E-state index in [1.54, 1.807) is 0 Å². The standard InChI is InChI=1S/C68H132O17P2/c1-6-9-12-15-18-20-22-23-24-25-26-27-28-30-32-39-44-49-54-68(73)85-64(58-79-66(71)52-47-42-37-34-33-36-40-45-50-61(4)5)60-83-87(76,77)81-56-62(69)55-80-86(74,75)82-59-63(57-78-65(70)51-46-41-35-17-14-11-8-3)84-67(72)53-48-43-38-31-29-21-19-16-13-10-7-2/h61-64,69H,6-60H2,1-5H3,(H,74,75)(H,76,77)/t62-,63+,64+/m0/s1. The smallest absolute Gasteiger partial charge is 0.462 e. The molecule has 0 aromatic rings. The first-order valence-electron chi connectivity index (χ1n) is 35.6. The van der Waals surface area contributed by atoms with Gasteiger partial charge in [-0.1, -0.05) is 298 Å². The molecule has 0 rings (SSSR count). The van der Waals surface area contributed by atoms with Crippen LogP contribution < -0.4 is 0 Å². The molecule has 0 aliphatic rings. The number of carbonyl (C=O) groups is 4. The van der Waals surface area contributed by atoms with E-state index in [1.807, 2.05) is 0 Å². The number of phosphoric acid groups is 2. The lowest BCUT2D eigenvalue weighted by molar-refractivity contribution is -0.161. The molecule has 3 N–H and O–H groups in total. The second-order valence-corrected chi connectivity index (χ2v) is 27.9. The summed E-state index contributed by atoms with van der Waals surface area (Å²) >= 11 is 0. The highest BCUT2D eigenvalue weighted by molar-refractivity contribution is 7.47. The van der Waals surface area contributed by atoms with Gasteiger partial charge in [-0.15, -0.1) is 0 Å². The van der Waals surface area contributed by atoms with Crippen molar-refractivity contribution in [2.45, 2.75) is 368 Å². The number of aliphatic hydroxyl groups is 1. The quantitative estimate of drug-likeness (QED) is 0.0222. The minimum Gasteiger partial charge on any atom is -0.462 e. The van der Waals surface area contributed by atoms with Crippen LogP contribution in [0.3, 0.4) is 0 Å². The molecule has 0 aromatic heterocycles. The molecule has 0 saturated carbocycles. The first-order chi connectivity index (χ1) is 42.0. The lowest BCUT2D eigenvalue weighted by Crippen LogP contribution is -2.30. The van der Waals surface area contributed by atoms with Crippen molar-refractivity contribution in [3.63, 3.8) is 0 Å². The van der Waals surface area contributed by atoms with Crippen LogP contribution in [0, 0.1) is 5.92 Å². The van der Waals surface area contributed by atoms with Gasteiger partial charge in [0, 0.05) is 25.7 Å². The Balaban J connectivity index is 5.17. The maximum Gasteiger partial charge on any atom is 0.472 e. The third-order valence-corrected chi connectivity index (χ3v) is 17.7. The number of hydrogen-bond donors (Lipinski definition) is 3. The van der Waals surface area contributed by atoms with E-state index in [0.29, 0.717) is 25.7 Å². The number of esters is 4. The highest BCUT2D eigenvalue weighted by Crippen LogP contribution is 2.45. The first-order valence-corrected chi connectivity index (χ1v) is 38.6. The molecule has 0 spiro atoms. The van der Waals surface area contributed by atoms with Crippen LogP contribution in [0.5, 0.6) is 0 Å². The molecule has 0 saturated heterocycles. The average Bonchev–Trinajstić information content (AvgIpc) is 3.71. The topological polar surface area (TPSA) is 237 Å². The highest BCUT2D eigenvalue weighted by atomic mass is 31.2. The van der Waals surface area contributed by atoms with Crippen molar-refractivity contribution < 1.29 is 80.2 Å². The van der Waals surface area contributed by atoms with Crippen molar-refractivity contribution in [1.29, 1.82) is 0 Å². The molecule has 87 heavy (non-hydrogen) atoms. The Morgan fingerprint density at radius 2 is 0.529 bits per heavy atom. The summed E-state index contributed by atoms with van der Waals surface area (Å²) in [5.74, 6) is -1.40. The molecular weight excluding hydrogens is 1150 g/mol. The lowest BCUT2D eigenvalue weighted by Gasteiger charge is -2.21. The summed E-state index contributed by atoms with van der Waals surface area (Å²) in [5, 5.41) is 10.6. The predicted molar refractivity (Wildman–Crippen MR) is 349 cm³/mol. The Bertz CT molecular complexity index is 1690. The Kier molecular flexibility index (Phi) is 60.2. The van der Waals surface area contributed by atoms with Gasteiger partial charge in [-0.3, -0.25) is 37.3 Å². The zero-order valence-corrected chi connectivity index (χ0v) is 57.9. The largest absolute Gasteiger partial charge is 0.472 e. The van der Waals surface area contributed by atoms with Crippen LogP contribution >= 0.6 is 15.6 Å². The van der Waals surface area contributed by atoms with E-state index in [0.717, 1.165) is 109 Å². The number of aliphatic hydroxyl groups excluding tert-OH is 1. The van der Waals surface area contributed by atoms with E-state index < -0.39 is 97.5 Å². The van der Waals surface area contributed by atoms with Crippen LogP contribution in [0.4, 0.5) is 0 Å². The molecule has 0 bridgehead atoms. The van der Waals surface area contributed by atoms with E-state index in [1.165, 1.54) is 161 Å². The number of hydrogen-bond acceptors (Lipinski definition) is 15. The Hall–Kier alpha value is -1.94. The van der Waals surface area contributed by atoms with Crippen LogP contribution in [0.2, 0.25) is 0 Å². The molecule has 19 heteroatoms. The summed E-state index contributed by atoms with van der Waals surface area (Å²) in [5.41, 5.74) is 0. The van der Waals surface area contributed by atoms with Crippen LogP contribution in [0.1, 0.15) is 349 Å². The number of ether oxygens (including phenoxy) is 4. The van der Waals surface area contributed by atoms with Crippen LogP contribution in [0.25, 0.3) is 0 Å². The number of phosphoric ester groups is 2. The molecule has 0 radical (unpaired) electrons. The van der Waals surface area contributed by atoms with E-state index in [2.05, 4.69) is 34.6 Å². The fraction of sp³-hybridized carbons (Fsp3) is 0.941. The third-order valence-electron chi connectivity index (χ3n) is 15.8. The zero-order valence-electron chi connectivity index (χ0n) is 56.2. The van der Waals surface area contributed by atoms with Gasteiger partial charge in [0.15, 0.2) is 12.2 Å². The Labute approximate surface area is 530 Å². The first kappa shape index (κ1) is 85.1. The average molecular weight is 1280 g/mol. The van der Waals surface area contributed by atoms with Gasteiger partial charge < -0.3 is 33.8 Å². The molecule has 516 valence electrons. The van der Waals surface area contributed by atoms with E-state index in [-0.39, 0.29) is 25.7 Å². The maximum absolute atomic E-state index is 13.0. The second-order valence-electron chi connectivity index (χ2n) is 25.0. The van der Waals surface area contributed by atoms with Gasteiger partial charge in [-0.25, -0.2) is 9.13 Å². The molecule has 0 fully saturated rings. The van der Waals surface area contributed by atoms with Crippen molar-refractivity contribution in [1.82, 2.24) is 0 Å². The molecule has 0 heterocycles. The van der Waals surface area contributed by atoms with Crippen LogP contribution in [0.15, 0.2) is 0 Å². The molecule has 0 aliphatic carbocycles.